The number of aliphatic hydroxyl groups is 1. The fourth-order valence-electron chi connectivity index (χ4n) is 8.44. The van der Waals surface area contributed by atoms with E-state index in [1.165, 1.54) is 32.1 Å². The summed E-state index contributed by atoms with van der Waals surface area (Å²) in [5, 5.41) is 20.2. The summed E-state index contributed by atoms with van der Waals surface area (Å²) >= 11 is 0. The summed E-state index contributed by atoms with van der Waals surface area (Å²) in [5.41, 5.74) is 0.942. The van der Waals surface area contributed by atoms with E-state index in [1.807, 2.05) is 13.0 Å². The summed E-state index contributed by atoms with van der Waals surface area (Å²) in [6.07, 6.45) is 14.3. The average Bonchev–Trinajstić information content (AvgIpc) is 3.43. The van der Waals surface area contributed by atoms with E-state index in [2.05, 4.69) is 29.0 Å². The van der Waals surface area contributed by atoms with Crippen molar-refractivity contribution in [2.24, 2.45) is 35.0 Å². The number of fused-ring (bicyclic) bond motifs is 4. The summed E-state index contributed by atoms with van der Waals surface area (Å²) in [5.74, 6) is 3.08. The summed E-state index contributed by atoms with van der Waals surface area (Å²) in [6.45, 7) is 7.92. The number of rotatable bonds is 10. The molecule has 3 fully saturated rings. The van der Waals surface area contributed by atoms with Gasteiger partial charge in [0, 0.05) is 18.7 Å². The highest BCUT2D eigenvalue weighted by molar-refractivity contribution is 5.82. The topological polar surface area (TPSA) is 90.1 Å². The fraction of sp³-hybridized carbons (Fsp3) is 0.793. The van der Waals surface area contributed by atoms with Crippen LogP contribution in [-0.2, 0) is 16.1 Å². The number of ketones is 1. The predicted molar refractivity (Wildman–Crippen MR) is 139 cm³/mol. The monoisotopic (exact) mass is 496 g/mol. The van der Waals surface area contributed by atoms with E-state index >= 15 is 0 Å². The first-order valence-electron chi connectivity index (χ1n) is 14.3. The van der Waals surface area contributed by atoms with Gasteiger partial charge in [-0.2, -0.15) is 15.0 Å². The smallest absolute Gasteiger partial charge is 0.159 e. The van der Waals surface area contributed by atoms with Gasteiger partial charge in [0.2, 0.25) is 0 Å². The van der Waals surface area contributed by atoms with Gasteiger partial charge in [-0.15, -0.1) is 0 Å². The van der Waals surface area contributed by atoms with Gasteiger partial charge >= 0.3 is 0 Å². The molecule has 1 N–H and O–H groups in total. The largest absolute Gasteiger partial charge is 0.387 e. The highest BCUT2D eigenvalue weighted by Crippen LogP contribution is 2.62. The summed E-state index contributed by atoms with van der Waals surface area (Å²) in [7, 11) is 0. The maximum absolute atomic E-state index is 13.5. The Labute approximate surface area is 215 Å². The molecular weight excluding hydrogens is 452 g/mol. The number of Topliss-reactive ketones (excluding diaryl/α,β-unsaturated/α-hetero) is 1. The van der Waals surface area contributed by atoms with Crippen molar-refractivity contribution in [1.82, 2.24) is 20.0 Å². The molecule has 2 heterocycles. The predicted octanol–water partition coefficient (Wildman–Crippen LogP) is 5.21. The normalized spacial score (nSPS) is 33.7. The fourth-order valence-corrected chi connectivity index (χ4v) is 8.44. The molecule has 7 nitrogen and oxygen atoms in total. The van der Waals surface area contributed by atoms with Crippen molar-refractivity contribution in [3.8, 4) is 0 Å². The van der Waals surface area contributed by atoms with Gasteiger partial charge in [0.25, 0.3) is 0 Å². The molecule has 7 atom stereocenters. The Balaban J connectivity index is 1.22. The van der Waals surface area contributed by atoms with Crippen LogP contribution in [0.3, 0.4) is 0 Å². The van der Waals surface area contributed by atoms with Crippen LogP contribution < -0.4 is 0 Å². The number of pyridine rings is 1. The number of hydrogen-bond acceptors (Lipinski definition) is 6. The zero-order valence-corrected chi connectivity index (χ0v) is 22.4. The van der Waals surface area contributed by atoms with E-state index in [-0.39, 0.29) is 17.9 Å². The molecule has 1 unspecified atom stereocenters. The van der Waals surface area contributed by atoms with Crippen LogP contribution >= 0.6 is 0 Å². The first-order valence-corrected chi connectivity index (χ1v) is 14.3. The van der Waals surface area contributed by atoms with E-state index in [9.17, 15) is 9.90 Å². The van der Waals surface area contributed by atoms with Crippen LogP contribution in [0.5, 0.6) is 0 Å². The first kappa shape index (κ1) is 25.8. The SMILES string of the molecule is CCCC(O)(COCC)C[C@@H]1CC[C@@H]2[C@H](CC[C@]3(C)[C@@H](C(=O)Cn4nc5ccncc5n4)CC[C@@H]23)C1. The zero-order chi connectivity index (χ0) is 25.3. The standard InChI is InChI=1S/C29H44N4O3/c1-4-12-29(35,19-36-5-2)16-20-6-7-22-21(15-20)10-13-28(3)23(22)8-9-24(28)27(34)18-33-31-25-11-14-30-17-26(25)32-33/h11,14,17,20-24,35H,4-10,12-13,15-16,18-19H2,1-3H3/t20-,21-,22-,23+,24-,28+,29?/m1/s1. The number of aromatic nitrogens is 4. The zero-order valence-electron chi connectivity index (χ0n) is 22.4. The lowest BCUT2D eigenvalue weighted by molar-refractivity contribution is -0.130. The average molecular weight is 497 g/mol. The molecule has 5 rings (SSSR count). The van der Waals surface area contributed by atoms with Crippen LogP contribution in [0.1, 0.15) is 85.0 Å². The quantitative estimate of drug-likeness (QED) is 0.485. The molecule has 3 aliphatic rings. The lowest BCUT2D eigenvalue weighted by Crippen LogP contribution is -2.46. The molecule has 0 aliphatic heterocycles. The van der Waals surface area contributed by atoms with Gasteiger partial charge in [-0.05, 0) is 93.4 Å². The van der Waals surface area contributed by atoms with Gasteiger partial charge in [-0.1, -0.05) is 26.7 Å². The minimum atomic E-state index is -0.683. The van der Waals surface area contributed by atoms with Gasteiger partial charge in [0.05, 0.1) is 18.4 Å². The summed E-state index contributed by atoms with van der Waals surface area (Å²) < 4.78 is 5.67. The number of carbonyl (C=O) groups excluding carboxylic acids is 1. The van der Waals surface area contributed by atoms with Crippen molar-refractivity contribution in [3.63, 3.8) is 0 Å². The molecule has 198 valence electrons. The number of carbonyl (C=O) groups is 1. The molecule has 36 heavy (non-hydrogen) atoms. The van der Waals surface area contributed by atoms with Crippen molar-refractivity contribution >= 4 is 16.8 Å². The molecule has 0 spiro atoms. The minimum Gasteiger partial charge on any atom is -0.387 e. The molecule has 3 saturated carbocycles. The van der Waals surface area contributed by atoms with Crippen molar-refractivity contribution in [3.05, 3.63) is 18.5 Å². The maximum atomic E-state index is 13.5. The molecule has 2 aromatic rings. The van der Waals surface area contributed by atoms with E-state index in [0.717, 1.165) is 55.0 Å². The Morgan fingerprint density at radius 3 is 2.81 bits per heavy atom. The summed E-state index contributed by atoms with van der Waals surface area (Å²) in [4.78, 5) is 19.2. The molecule has 0 bridgehead atoms. The Morgan fingerprint density at radius 2 is 2.03 bits per heavy atom. The van der Waals surface area contributed by atoms with Crippen LogP contribution in [0.15, 0.2) is 18.5 Å². The van der Waals surface area contributed by atoms with Crippen LogP contribution in [0.2, 0.25) is 0 Å². The Hall–Kier alpha value is -1.86. The van der Waals surface area contributed by atoms with E-state index in [4.69, 9.17) is 4.74 Å². The van der Waals surface area contributed by atoms with Gasteiger partial charge in [0.15, 0.2) is 5.78 Å². The lowest BCUT2D eigenvalue weighted by atomic mass is 9.53. The van der Waals surface area contributed by atoms with Gasteiger partial charge in [0.1, 0.15) is 17.6 Å². The first-order chi connectivity index (χ1) is 17.3. The van der Waals surface area contributed by atoms with Crippen molar-refractivity contribution < 1.29 is 14.6 Å². The third-order valence-electron chi connectivity index (χ3n) is 10.00. The van der Waals surface area contributed by atoms with Crippen LogP contribution in [0.4, 0.5) is 0 Å². The van der Waals surface area contributed by atoms with Gasteiger partial charge < -0.3 is 9.84 Å². The highest BCUT2D eigenvalue weighted by Gasteiger charge is 2.56. The van der Waals surface area contributed by atoms with Crippen LogP contribution in [0.25, 0.3) is 11.0 Å². The summed E-state index contributed by atoms with van der Waals surface area (Å²) in [6, 6.07) is 1.84. The molecule has 0 radical (unpaired) electrons. The second-order valence-corrected chi connectivity index (χ2v) is 12.3. The molecule has 7 heteroatoms. The third-order valence-corrected chi connectivity index (χ3v) is 10.00. The Kier molecular flexibility index (Phi) is 7.51. The Bertz CT molecular complexity index is 1020. The second kappa shape index (κ2) is 10.5. The van der Waals surface area contributed by atoms with Gasteiger partial charge in [-0.3, -0.25) is 9.78 Å². The lowest BCUT2D eigenvalue weighted by Gasteiger charge is -2.52. The number of ether oxygens (including phenoxy) is 1. The van der Waals surface area contributed by atoms with Crippen LogP contribution in [0, 0.1) is 35.0 Å². The van der Waals surface area contributed by atoms with E-state index in [1.54, 1.807) is 17.2 Å². The minimum absolute atomic E-state index is 0.0944. The van der Waals surface area contributed by atoms with Gasteiger partial charge in [-0.25, -0.2) is 0 Å². The maximum Gasteiger partial charge on any atom is 0.159 e. The van der Waals surface area contributed by atoms with E-state index < -0.39 is 5.60 Å². The van der Waals surface area contributed by atoms with Crippen LogP contribution in [-0.4, -0.2) is 49.7 Å². The molecule has 2 aromatic heterocycles. The number of hydrogen-bond donors (Lipinski definition) is 1. The molecule has 3 aliphatic carbocycles. The van der Waals surface area contributed by atoms with Crippen molar-refractivity contribution in [2.45, 2.75) is 97.1 Å². The molecule has 0 aromatic carbocycles. The third kappa shape index (κ3) is 4.98. The second-order valence-electron chi connectivity index (χ2n) is 12.3. The van der Waals surface area contributed by atoms with Crippen molar-refractivity contribution in [1.29, 1.82) is 0 Å². The molecule has 0 amide bonds. The Morgan fingerprint density at radius 1 is 1.19 bits per heavy atom. The van der Waals surface area contributed by atoms with E-state index in [0.29, 0.717) is 30.8 Å². The van der Waals surface area contributed by atoms with Crippen molar-refractivity contribution in [2.75, 3.05) is 13.2 Å². The molecule has 0 saturated heterocycles. The number of nitrogens with zero attached hydrogens (tertiary/aromatic N) is 4. The molecular formula is C29H44N4O3. The highest BCUT2D eigenvalue weighted by atomic mass is 16.5.